The molecule has 6 atom stereocenters. The quantitative estimate of drug-likeness (QED) is 0.602. The third-order valence-electron chi connectivity index (χ3n) is 9.26. The maximum absolute atomic E-state index is 13.0. The van der Waals surface area contributed by atoms with E-state index in [2.05, 4.69) is 13.8 Å². The number of esters is 1. The predicted molar refractivity (Wildman–Crippen MR) is 110 cm³/mol. The molecule has 0 saturated heterocycles. The smallest absolute Gasteiger partial charge is 0.306 e. The number of rotatable bonds is 6. The topological polar surface area (TPSA) is 101 Å². The molecule has 0 bridgehead atoms. The highest BCUT2D eigenvalue weighted by molar-refractivity contribution is 5.91. The summed E-state index contributed by atoms with van der Waals surface area (Å²) in [6.07, 6.45) is 8.88. The van der Waals surface area contributed by atoms with Crippen molar-refractivity contribution in [1.82, 2.24) is 0 Å². The van der Waals surface area contributed by atoms with Crippen molar-refractivity contribution < 1.29 is 29.0 Å². The van der Waals surface area contributed by atoms with Gasteiger partial charge in [0.25, 0.3) is 0 Å². The van der Waals surface area contributed by atoms with E-state index in [1.165, 1.54) is 5.57 Å². The van der Waals surface area contributed by atoms with E-state index in [4.69, 9.17) is 4.74 Å². The van der Waals surface area contributed by atoms with Gasteiger partial charge in [-0.2, -0.15) is 0 Å². The van der Waals surface area contributed by atoms with Crippen molar-refractivity contribution in [1.29, 1.82) is 0 Å². The summed E-state index contributed by atoms with van der Waals surface area (Å²) in [5.74, 6) is -0.175. The molecule has 4 aliphatic carbocycles. The van der Waals surface area contributed by atoms with E-state index in [0.29, 0.717) is 24.2 Å². The Balaban J connectivity index is 1.43. The van der Waals surface area contributed by atoms with Crippen LogP contribution in [0.4, 0.5) is 0 Å². The molecule has 4 aliphatic rings. The number of allylic oxidation sites excluding steroid dienone is 1. The summed E-state index contributed by atoms with van der Waals surface area (Å²) in [7, 11) is 0. The number of ketones is 2. The highest BCUT2D eigenvalue weighted by Gasteiger charge is 2.60. The lowest BCUT2D eigenvalue weighted by Crippen LogP contribution is -2.51. The van der Waals surface area contributed by atoms with Crippen molar-refractivity contribution in [3.05, 3.63) is 11.6 Å². The minimum Gasteiger partial charge on any atom is -0.550 e. The molecule has 6 heteroatoms. The Hall–Kier alpha value is -1.98. The van der Waals surface area contributed by atoms with Gasteiger partial charge < -0.3 is 14.6 Å². The molecule has 3 saturated carbocycles. The summed E-state index contributed by atoms with van der Waals surface area (Å²) in [6, 6.07) is 0. The number of carboxylic acid groups (broad SMARTS) is 1. The Morgan fingerprint density at radius 3 is 2.55 bits per heavy atom. The van der Waals surface area contributed by atoms with Gasteiger partial charge in [-0.05, 0) is 86.0 Å². The van der Waals surface area contributed by atoms with Crippen molar-refractivity contribution >= 4 is 23.5 Å². The van der Waals surface area contributed by atoms with Crippen LogP contribution < -0.4 is 5.11 Å². The first-order valence-corrected chi connectivity index (χ1v) is 11.8. The molecule has 0 unspecified atom stereocenters. The normalized spacial score (nSPS) is 39.0. The first kappa shape index (κ1) is 22.2. The van der Waals surface area contributed by atoms with Gasteiger partial charge in [-0.1, -0.05) is 19.4 Å². The number of ether oxygens (including phenoxy) is 1. The number of fused-ring (bicyclic) bond motifs is 5. The third kappa shape index (κ3) is 3.87. The number of Topliss-reactive ketones (excluding diaryl/α,β-unsaturated/α-hetero) is 1. The number of carboxylic acids is 1. The second-order valence-corrected chi connectivity index (χ2v) is 10.6. The van der Waals surface area contributed by atoms with Crippen molar-refractivity contribution in [3.8, 4) is 0 Å². The highest BCUT2D eigenvalue weighted by Crippen LogP contribution is 2.66. The minimum atomic E-state index is -1.30. The van der Waals surface area contributed by atoms with Gasteiger partial charge in [-0.15, -0.1) is 0 Å². The molecule has 0 amide bonds. The lowest BCUT2D eigenvalue weighted by Gasteiger charge is -2.58. The lowest BCUT2D eigenvalue weighted by molar-refractivity contribution is -0.305. The van der Waals surface area contributed by atoms with E-state index in [9.17, 15) is 24.3 Å². The molecule has 31 heavy (non-hydrogen) atoms. The maximum atomic E-state index is 13.0. The standard InChI is InChI=1S/C25H34O6/c1-24-11-9-16(26)13-15(24)3-4-17-18-5-6-20(25(18,2)12-10-19(17)24)21(27)14-31-23(30)8-7-22(28)29/h13,17-20H,3-12,14H2,1-2H3,(H,28,29)/p-1/t17-,18+,19+,20-,24-,25-/m1/s1. The van der Waals surface area contributed by atoms with E-state index in [0.717, 1.165) is 44.9 Å². The van der Waals surface area contributed by atoms with E-state index >= 15 is 0 Å². The molecule has 4 rings (SSSR count). The summed E-state index contributed by atoms with van der Waals surface area (Å²) < 4.78 is 5.08. The molecule has 0 aromatic rings. The molecule has 3 fully saturated rings. The molecular formula is C25H33O6-. The average molecular weight is 430 g/mol. The molecule has 6 nitrogen and oxygen atoms in total. The van der Waals surface area contributed by atoms with Crippen molar-refractivity contribution in [2.24, 2.45) is 34.5 Å². The summed E-state index contributed by atoms with van der Waals surface area (Å²) >= 11 is 0. The monoisotopic (exact) mass is 429 g/mol. The summed E-state index contributed by atoms with van der Waals surface area (Å²) in [6.45, 7) is 4.34. The van der Waals surface area contributed by atoms with Crippen molar-refractivity contribution in [2.75, 3.05) is 6.61 Å². The molecule has 0 heterocycles. The number of carbonyl (C=O) groups is 4. The number of aliphatic carboxylic acids is 1. The molecule has 0 aromatic carbocycles. The maximum Gasteiger partial charge on any atom is 0.306 e. The summed E-state index contributed by atoms with van der Waals surface area (Å²) in [5, 5.41) is 10.5. The molecule has 0 aromatic heterocycles. The second-order valence-electron chi connectivity index (χ2n) is 10.6. The number of hydrogen-bond acceptors (Lipinski definition) is 6. The first-order chi connectivity index (χ1) is 14.6. The van der Waals surface area contributed by atoms with Crippen LogP contribution in [0.25, 0.3) is 0 Å². The fourth-order valence-electron chi connectivity index (χ4n) is 7.62. The summed E-state index contributed by atoms with van der Waals surface area (Å²) in [5.41, 5.74) is 1.40. The van der Waals surface area contributed by atoms with Crippen LogP contribution in [0.15, 0.2) is 11.6 Å². The SMILES string of the molecule is C[C@@]12CC[C@H]3[C@H](CCC4=CC(=O)CC[C@]43C)[C@@H]1CC[C@@H]2C(=O)COC(=O)CCC(=O)[O-]. The van der Waals surface area contributed by atoms with Crippen LogP contribution in [0, 0.1) is 34.5 Å². The van der Waals surface area contributed by atoms with Crippen LogP contribution in [0.5, 0.6) is 0 Å². The first-order valence-electron chi connectivity index (χ1n) is 11.8. The lowest BCUT2D eigenvalue weighted by atomic mass is 9.46. The number of hydrogen-bond donors (Lipinski definition) is 0. The van der Waals surface area contributed by atoms with Crippen LogP contribution in [0.3, 0.4) is 0 Å². The van der Waals surface area contributed by atoms with Crippen LogP contribution in [0.2, 0.25) is 0 Å². The van der Waals surface area contributed by atoms with Crippen molar-refractivity contribution in [3.63, 3.8) is 0 Å². The van der Waals surface area contributed by atoms with Gasteiger partial charge >= 0.3 is 5.97 Å². The Morgan fingerprint density at radius 1 is 1.03 bits per heavy atom. The zero-order valence-corrected chi connectivity index (χ0v) is 18.6. The van der Waals surface area contributed by atoms with Gasteiger partial charge in [0, 0.05) is 18.3 Å². The largest absolute Gasteiger partial charge is 0.550 e. The fraction of sp³-hybridized carbons (Fsp3) is 0.760. The molecule has 0 aliphatic heterocycles. The average Bonchev–Trinajstić information content (AvgIpc) is 3.08. The van der Waals surface area contributed by atoms with Crippen LogP contribution in [0.1, 0.15) is 78.1 Å². The zero-order chi connectivity index (χ0) is 22.4. The molecule has 0 spiro atoms. The third-order valence-corrected chi connectivity index (χ3v) is 9.26. The van der Waals surface area contributed by atoms with Gasteiger partial charge in [0.1, 0.15) is 6.61 Å². The minimum absolute atomic E-state index is 0.0314. The molecule has 170 valence electrons. The van der Waals surface area contributed by atoms with Gasteiger partial charge in [0.05, 0.1) is 6.42 Å². The molecular weight excluding hydrogens is 396 g/mol. The molecule has 0 N–H and O–H groups in total. The Kier molecular flexibility index (Phi) is 5.86. The second kappa shape index (κ2) is 8.18. The Bertz CT molecular complexity index is 828. The van der Waals surface area contributed by atoms with E-state index < -0.39 is 11.9 Å². The van der Waals surface area contributed by atoms with Crippen LogP contribution in [-0.4, -0.2) is 30.1 Å². The van der Waals surface area contributed by atoms with Crippen LogP contribution in [-0.2, 0) is 23.9 Å². The van der Waals surface area contributed by atoms with Crippen LogP contribution >= 0.6 is 0 Å². The van der Waals surface area contributed by atoms with Crippen molar-refractivity contribution in [2.45, 2.75) is 78.1 Å². The predicted octanol–water partition coefficient (Wildman–Crippen LogP) is 2.78. The van der Waals surface area contributed by atoms with Gasteiger partial charge in [0.2, 0.25) is 0 Å². The van der Waals surface area contributed by atoms with E-state index in [1.54, 1.807) is 0 Å². The van der Waals surface area contributed by atoms with Gasteiger partial charge in [-0.3, -0.25) is 14.4 Å². The van der Waals surface area contributed by atoms with Gasteiger partial charge in [-0.25, -0.2) is 0 Å². The van der Waals surface area contributed by atoms with E-state index in [-0.39, 0.29) is 47.8 Å². The highest BCUT2D eigenvalue weighted by atomic mass is 16.5. The van der Waals surface area contributed by atoms with Gasteiger partial charge in [0.15, 0.2) is 11.6 Å². The summed E-state index contributed by atoms with van der Waals surface area (Å²) in [4.78, 5) is 47.2. The molecule has 0 radical (unpaired) electrons. The fourth-order valence-corrected chi connectivity index (χ4v) is 7.62. The Morgan fingerprint density at radius 2 is 1.81 bits per heavy atom. The number of carbonyl (C=O) groups excluding carboxylic acids is 4. The zero-order valence-electron chi connectivity index (χ0n) is 18.6. The van der Waals surface area contributed by atoms with E-state index in [1.807, 2.05) is 6.08 Å². The Labute approximate surface area is 183 Å².